The first-order valence-electron chi connectivity index (χ1n) is 10.7. The van der Waals surface area contributed by atoms with Gasteiger partial charge in [0.15, 0.2) is 0 Å². The molecule has 1 fully saturated rings. The van der Waals surface area contributed by atoms with E-state index in [1.54, 1.807) is 12.1 Å². The Morgan fingerprint density at radius 2 is 1.65 bits per heavy atom. The van der Waals surface area contributed by atoms with Crippen LogP contribution in [-0.4, -0.2) is 70.5 Å². The first kappa shape index (κ1) is 25.3. The fourth-order valence-corrected chi connectivity index (χ4v) is 5.12. The van der Waals surface area contributed by atoms with Gasteiger partial charge in [-0.1, -0.05) is 13.0 Å². The second-order valence-electron chi connectivity index (χ2n) is 7.48. The molecule has 0 atom stereocenters. The van der Waals surface area contributed by atoms with Gasteiger partial charge in [0.05, 0.1) is 25.2 Å². The smallest absolute Gasteiger partial charge is 0.325 e. The highest BCUT2D eigenvalue weighted by Crippen LogP contribution is 2.24. The highest BCUT2D eigenvalue weighted by Gasteiger charge is 2.29. The summed E-state index contributed by atoms with van der Waals surface area (Å²) in [4.78, 5) is 36.2. The van der Waals surface area contributed by atoms with Gasteiger partial charge >= 0.3 is 5.97 Å². The van der Waals surface area contributed by atoms with Crippen molar-refractivity contribution in [2.45, 2.75) is 18.2 Å². The van der Waals surface area contributed by atoms with E-state index in [-0.39, 0.29) is 30.1 Å². The number of ether oxygens (including phenoxy) is 2. The van der Waals surface area contributed by atoms with E-state index in [4.69, 9.17) is 4.74 Å². The van der Waals surface area contributed by atoms with Crippen molar-refractivity contribution in [3.63, 3.8) is 0 Å². The van der Waals surface area contributed by atoms with Gasteiger partial charge in [-0.3, -0.25) is 14.4 Å². The Bertz CT molecular complexity index is 1160. The number of anilines is 1. The molecule has 2 aromatic carbocycles. The second kappa shape index (κ2) is 11.2. The van der Waals surface area contributed by atoms with E-state index in [0.717, 1.165) is 0 Å². The van der Waals surface area contributed by atoms with Crippen molar-refractivity contribution in [2.75, 3.05) is 45.3 Å². The van der Waals surface area contributed by atoms with Gasteiger partial charge in [-0.25, -0.2) is 8.42 Å². The van der Waals surface area contributed by atoms with Crippen molar-refractivity contribution < 1.29 is 32.3 Å². The molecule has 3 rings (SSSR count). The largest absolute Gasteiger partial charge is 0.468 e. The number of hydrogen-bond donors (Lipinski definition) is 2. The Hall–Kier alpha value is -3.28. The number of carbonyl (C=O) groups is 3. The lowest BCUT2D eigenvalue weighted by Crippen LogP contribution is -2.41. The Morgan fingerprint density at radius 3 is 2.26 bits per heavy atom. The maximum atomic E-state index is 13.2. The molecule has 0 radical (unpaired) electrons. The first-order valence-corrected chi connectivity index (χ1v) is 12.2. The third kappa shape index (κ3) is 5.99. The van der Waals surface area contributed by atoms with Gasteiger partial charge < -0.3 is 20.1 Å². The average molecular weight is 490 g/mol. The summed E-state index contributed by atoms with van der Waals surface area (Å²) in [7, 11) is -2.54. The number of sulfonamides is 1. The van der Waals surface area contributed by atoms with Gasteiger partial charge in [0.1, 0.15) is 6.54 Å². The first-order chi connectivity index (χ1) is 16.3. The number of benzene rings is 2. The topological polar surface area (TPSA) is 131 Å². The van der Waals surface area contributed by atoms with Crippen LogP contribution in [-0.2, 0) is 30.7 Å². The van der Waals surface area contributed by atoms with E-state index in [2.05, 4.69) is 15.4 Å². The summed E-state index contributed by atoms with van der Waals surface area (Å²) in [5.74, 6) is -1.51. The zero-order valence-corrected chi connectivity index (χ0v) is 19.8. The molecule has 11 heteroatoms. The maximum Gasteiger partial charge on any atom is 0.325 e. The minimum atomic E-state index is -3.77. The standard InChI is InChI=1S/C23H27N3O7S/c1-3-16-4-5-18(14-20(16)34(30,31)26-10-12-33-13-11-26)23(29)25-19-8-6-17(7-9-19)22(28)24-15-21(27)32-2/h4-9,14H,3,10-13,15H2,1-2H3,(H,24,28)(H,25,29). The lowest BCUT2D eigenvalue weighted by atomic mass is 10.1. The minimum Gasteiger partial charge on any atom is -0.468 e. The summed E-state index contributed by atoms with van der Waals surface area (Å²) < 4.78 is 37.5. The molecular weight excluding hydrogens is 462 g/mol. The van der Waals surface area contributed by atoms with Crippen molar-refractivity contribution in [1.82, 2.24) is 9.62 Å². The summed E-state index contributed by atoms with van der Waals surface area (Å²) in [6, 6.07) is 10.7. The van der Waals surface area contributed by atoms with Gasteiger partial charge in [0.2, 0.25) is 10.0 Å². The van der Waals surface area contributed by atoms with Crippen LogP contribution in [0, 0.1) is 0 Å². The Balaban J connectivity index is 1.74. The highest BCUT2D eigenvalue weighted by atomic mass is 32.2. The molecular formula is C23H27N3O7S. The van der Waals surface area contributed by atoms with Crippen LogP contribution in [0.1, 0.15) is 33.2 Å². The molecule has 1 aliphatic heterocycles. The fourth-order valence-electron chi connectivity index (χ4n) is 3.39. The molecule has 0 saturated carbocycles. The molecule has 0 aromatic heterocycles. The van der Waals surface area contributed by atoms with Gasteiger partial charge in [-0.15, -0.1) is 0 Å². The normalized spacial score (nSPS) is 14.3. The van der Waals surface area contributed by atoms with Crippen molar-refractivity contribution in [3.05, 3.63) is 59.2 Å². The summed E-state index contributed by atoms with van der Waals surface area (Å²) in [6.07, 6.45) is 0.500. The minimum absolute atomic E-state index is 0.113. The van der Waals surface area contributed by atoms with E-state index in [9.17, 15) is 22.8 Å². The predicted octanol–water partition coefficient (Wildman–Crippen LogP) is 1.43. The number of amides is 2. The lowest BCUT2D eigenvalue weighted by Gasteiger charge is -2.27. The molecule has 0 bridgehead atoms. The highest BCUT2D eigenvalue weighted by molar-refractivity contribution is 7.89. The SMILES string of the molecule is CCc1ccc(C(=O)Nc2ccc(C(=O)NCC(=O)OC)cc2)cc1S(=O)(=O)N1CCOCC1. The molecule has 1 saturated heterocycles. The zero-order valence-electron chi connectivity index (χ0n) is 19.0. The zero-order chi connectivity index (χ0) is 24.7. The van der Waals surface area contributed by atoms with Gasteiger partial charge in [0.25, 0.3) is 11.8 Å². The quantitative estimate of drug-likeness (QED) is 0.536. The Morgan fingerprint density at radius 1 is 1.00 bits per heavy atom. The molecule has 34 heavy (non-hydrogen) atoms. The predicted molar refractivity (Wildman–Crippen MR) is 124 cm³/mol. The number of nitrogens with zero attached hydrogens (tertiary/aromatic N) is 1. The van der Waals surface area contributed by atoms with Crippen molar-refractivity contribution in [2.24, 2.45) is 0 Å². The van der Waals surface area contributed by atoms with E-state index < -0.39 is 27.8 Å². The van der Waals surface area contributed by atoms with Crippen LogP contribution in [0.15, 0.2) is 47.4 Å². The Labute approximate surface area is 198 Å². The molecule has 2 amide bonds. The summed E-state index contributed by atoms with van der Waals surface area (Å²) in [5, 5.41) is 5.13. The van der Waals surface area contributed by atoms with Gasteiger partial charge in [-0.05, 0) is 48.4 Å². The number of morpholine rings is 1. The third-order valence-electron chi connectivity index (χ3n) is 5.32. The summed E-state index contributed by atoms with van der Waals surface area (Å²) >= 11 is 0. The van der Waals surface area contributed by atoms with Crippen LogP contribution in [0.3, 0.4) is 0 Å². The number of carbonyl (C=O) groups excluding carboxylic acids is 3. The number of aryl methyl sites for hydroxylation is 1. The van der Waals surface area contributed by atoms with Gasteiger partial charge in [0, 0.05) is 29.9 Å². The van der Waals surface area contributed by atoms with Crippen LogP contribution in [0.4, 0.5) is 5.69 Å². The molecule has 1 aliphatic rings. The lowest BCUT2D eigenvalue weighted by molar-refractivity contribution is -0.139. The molecule has 1 heterocycles. The Kier molecular flexibility index (Phi) is 8.37. The molecule has 2 aromatic rings. The van der Waals surface area contributed by atoms with Crippen molar-refractivity contribution >= 4 is 33.5 Å². The second-order valence-corrected chi connectivity index (χ2v) is 9.39. The van der Waals surface area contributed by atoms with Gasteiger partial charge in [-0.2, -0.15) is 4.31 Å². The van der Waals surface area contributed by atoms with Crippen molar-refractivity contribution in [3.8, 4) is 0 Å². The van der Waals surface area contributed by atoms with E-state index >= 15 is 0 Å². The molecule has 0 aliphatic carbocycles. The number of nitrogens with one attached hydrogen (secondary N) is 2. The third-order valence-corrected chi connectivity index (χ3v) is 7.30. The average Bonchev–Trinajstić information content (AvgIpc) is 2.87. The van der Waals surface area contributed by atoms with E-state index in [1.165, 1.54) is 41.7 Å². The maximum absolute atomic E-state index is 13.2. The van der Waals surface area contributed by atoms with Crippen LogP contribution in [0.2, 0.25) is 0 Å². The summed E-state index contributed by atoms with van der Waals surface area (Å²) in [5.41, 5.74) is 1.55. The van der Waals surface area contributed by atoms with Crippen molar-refractivity contribution in [1.29, 1.82) is 0 Å². The monoisotopic (exact) mass is 489 g/mol. The summed E-state index contributed by atoms with van der Waals surface area (Å²) in [6.45, 7) is 2.80. The fraction of sp³-hybridized carbons (Fsp3) is 0.348. The molecule has 0 spiro atoms. The van der Waals surface area contributed by atoms with Crippen LogP contribution >= 0.6 is 0 Å². The number of esters is 1. The molecule has 10 nitrogen and oxygen atoms in total. The van der Waals surface area contributed by atoms with E-state index in [1.807, 2.05) is 6.92 Å². The number of rotatable bonds is 8. The molecule has 2 N–H and O–H groups in total. The molecule has 0 unspecified atom stereocenters. The van der Waals surface area contributed by atoms with E-state index in [0.29, 0.717) is 36.4 Å². The molecule has 182 valence electrons. The number of hydrogen-bond acceptors (Lipinski definition) is 7. The van der Waals surface area contributed by atoms with Crippen LogP contribution < -0.4 is 10.6 Å². The van der Waals surface area contributed by atoms with Crippen LogP contribution in [0.25, 0.3) is 0 Å². The number of methoxy groups -OCH3 is 1. The van der Waals surface area contributed by atoms with Crippen LogP contribution in [0.5, 0.6) is 0 Å².